The molecule has 0 aliphatic carbocycles. The fourth-order valence-electron chi connectivity index (χ4n) is 1.29. The Hall–Kier alpha value is -2.02. The van der Waals surface area contributed by atoms with E-state index in [4.69, 9.17) is 16.9 Å². The van der Waals surface area contributed by atoms with Crippen LogP contribution in [0.1, 0.15) is 13.8 Å². The van der Waals surface area contributed by atoms with Gasteiger partial charge in [-0.25, -0.2) is 0 Å². The summed E-state index contributed by atoms with van der Waals surface area (Å²) in [5, 5.41) is 10.4. The molecule has 0 saturated heterocycles. The lowest BCUT2D eigenvalue weighted by Gasteiger charge is -2.22. The number of benzene rings is 1. The van der Waals surface area contributed by atoms with Gasteiger partial charge in [-0.2, -0.15) is 4.99 Å². The van der Waals surface area contributed by atoms with Crippen LogP contribution in [-0.4, -0.2) is 22.8 Å². The van der Waals surface area contributed by atoms with Crippen molar-refractivity contribution in [3.63, 3.8) is 0 Å². The van der Waals surface area contributed by atoms with Crippen molar-refractivity contribution in [2.75, 3.05) is 11.1 Å². The molecule has 20 heavy (non-hydrogen) atoms. The van der Waals surface area contributed by atoms with E-state index in [9.17, 15) is 4.79 Å². The summed E-state index contributed by atoms with van der Waals surface area (Å²) in [5.41, 5.74) is 10.5. The molecule has 6 nitrogen and oxygen atoms in total. The molecular formula is C13H19N5OS. The number of nitrogens with zero attached hydrogens (tertiary/aromatic N) is 1. The highest BCUT2D eigenvalue weighted by Crippen LogP contribution is 2.24. The second-order valence-electron chi connectivity index (χ2n) is 4.83. The molecular weight excluding hydrogens is 274 g/mol. The van der Waals surface area contributed by atoms with Crippen molar-refractivity contribution in [1.29, 1.82) is 5.41 Å². The molecule has 1 aromatic carbocycles. The number of para-hydroxylation sites is 1. The normalized spacial score (nSPS) is 10.7. The molecule has 0 bridgehead atoms. The van der Waals surface area contributed by atoms with Gasteiger partial charge in [0.15, 0.2) is 11.1 Å². The standard InChI is InChI=1S/C13H19N5OS/c1-13(2,8-20-12(16)18-11(14)15)10(19)17-9-6-4-3-5-7-9/h3-7H,8H2,1-2H3,(H,17,19)(H5,14,15,16,18). The molecule has 0 aliphatic rings. The number of aliphatic imine (C=N–C) groups is 1. The van der Waals surface area contributed by atoms with Crippen LogP contribution in [0, 0.1) is 10.8 Å². The van der Waals surface area contributed by atoms with Gasteiger partial charge in [0.05, 0.1) is 5.41 Å². The maximum Gasteiger partial charge on any atom is 0.230 e. The minimum absolute atomic E-state index is 0.00872. The van der Waals surface area contributed by atoms with Crippen LogP contribution in [0.5, 0.6) is 0 Å². The van der Waals surface area contributed by atoms with Crippen LogP contribution in [0.2, 0.25) is 0 Å². The van der Waals surface area contributed by atoms with Crippen molar-refractivity contribution in [3.8, 4) is 0 Å². The molecule has 0 aliphatic heterocycles. The molecule has 0 radical (unpaired) electrons. The lowest BCUT2D eigenvalue weighted by molar-refractivity contribution is -0.122. The fraction of sp³-hybridized carbons (Fsp3) is 0.308. The van der Waals surface area contributed by atoms with E-state index in [1.54, 1.807) is 13.8 Å². The van der Waals surface area contributed by atoms with Gasteiger partial charge >= 0.3 is 0 Å². The first-order chi connectivity index (χ1) is 9.31. The van der Waals surface area contributed by atoms with Gasteiger partial charge in [0.25, 0.3) is 0 Å². The number of hydrogen-bond donors (Lipinski definition) is 4. The summed E-state index contributed by atoms with van der Waals surface area (Å²) >= 11 is 1.13. The summed E-state index contributed by atoms with van der Waals surface area (Å²) in [6.45, 7) is 3.61. The van der Waals surface area contributed by atoms with E-state index in [0.717, 1.165) is 17.4 Å². The van der Waals surface area contributed by atoms with E-state index in [-0.39, 0.29) is 17.0 Å². The van der Waals surface area contributed by atoms with E-state index in [1.807, 2.05) is 30.3 Å². The smallest absolute Gasteiger partial charge is 0.230 e. The van der Waals surface area contributed by atoms with Crippen LogP contribution in [0.15, 0.2) is 35.3 Å². The number of amides is 1. The average molecular weight is 293 g/mol. The molecule has 1 aromatic rings. The first-order valence-corrected chi connectivity index (χ1v) is 6.97. The van der Waals surface area contributed by atoms with Crippen molar-refractivity contribution < 1.29 is 4.79 Å². The molecule has 1 amide bonds. The van der Waals surface area contributed by atoms with Gasteiger partial charge in [0.1, 0.15) is 0 Å². The number of thioether (sulfide) groups is 1. The predicted octanol–water partition coefficient (Wildman–Crippen LogP) is 1.59. The molecule has 108 valence electrons. The number of guanidine groups is 1. The summed E-state index contributed by atoms with van der Waals surface area (Å²) in [7, 11) is 0. The molecule has 0 saturated carbocycles. The average Bonchev–Trinajstić information content (AvgIpc) is 2.37. The summed E-state index contributed by atoms with van der Waals surface area (Å²) < 4.78 is 0. The number of carbonyl (C=O) groups is 1. The Kier molecular flexibility index (Phi) is 5.57. The van der Waals surface area contributed by atoms with Crippen LogP contribution in [-0.2, 0) is 4.79 Å². The van der Waals surface area contributed by atoms with Gasteiger partial charge in [-0.3, -0.25) is 10.2 Å². The van der Waals surface area contributed by atoms with E-state index in [0.29, 0.717) is 5.75 Å². The topological polar surface area (TPSA) is 117 Å². The minimum Gasteiger partial charge on any atom is -0.370 e. The first kappa shape index (κ1) is 16.0. The number of amidine groups is 1. The van der Waals surface area contributed by atoms with E-state index in [2.05, 4.69) is 10.3 Å². The fourth-order valence-corrected chi connectivity index (χ4v) is 2.08. The minimum atomic E-state index is -0.647. The Morgan fingerprint density at radius 2 is 1.95 bits per heavy atom. The highest BCUT2D eigenvalue weighted by molar-refractivity contribution is 8.13. The number of nitrogens with two attached hydrogens (primary N) is 2. The van der Waals surface area contributed by atoms with Crippen molar-refractivity contribution >= 4 is 34.5 Å². The van der Waals surface area contributed by atoms with Gasteiger partial charge in [0.2, 0.25) is 5.91 Å². The first-order valence-electron chi connectivity index (χ1n) is 5.99. The van der Waals surface area contributed by atoms with Crippen molar-refractivity contribution in [2.24, 2.45) is 21.9 Å². The SMILES string of the molecule is CC(C)(CSC(=N)N=C(N)N)C(=O)Nc1ccccc1. The third kappa shape index (κ3) is 5.31. The van der Waals surface area contributed by atoms with Crippen molar-refractivity contribution in [2.45, 2.75) is 13.8 Å². The molecule has 0 fully saturated rings. The third-order valence-corrected chi connectivity index (χ3v) is 3.68. The Morgan fingerprint density at radius 1 is 1.35 bits per heavy atom. The van der Waals surface area contributed by atoms with E-state index >= 15 is 0 Å². The van der Waals surface area contributed by atoms with Gasteiger partial charge in [0, 0.05) is 11.4 Å². The van der Waals surface area contributed by atoms with Crippen LogP contribution >= 0.6 is 11.8 Å². The molecule has 7 heteroatoms. The number of nitrogens with one attached hydrogen (secondary N) is 2. The zero-order valence-electron chi connectivity index (χ0n) is 11.5. The molecule has 1 rings (SSSR count). The zero-order chi connectivity index (χ0) is 15.2. The predicted molar refractivity (Wildman–Crippen MR) is 84.8 cm³/mol. The molecule has 0 aromatic heterocycles. The lowest BCUT2D eigenvalue weighted by atomic mass is 9.95. The van der Waals surface area contributed by atoms with Crippen LogP contribution in [0.3, 0.4) is 0 Å². The molecule has 0 unspecified atom stereocenters. The summed E-state index contributed by atoms with van der Waals surface area (Å²) in [5.74, 6) is 0.129. The number of carbonyl (C=O) groups excluding carboxylic acids is 1. The van der Waals surface area contributed by atoms with E-state index < -0.39 is 5.41 Å². The number of anilines is 1. The lowest BCUT2D eigenvalue weighted by Crippen LogP contribution is -2.33. The number of hydrogen-bond acceptors (Lipinski definition) is 3. The maximum atomic E-state index is 12.2. The number of rotatable bonds is 4. The Bertz CT molecular complexity index is 509. The van der Waals surface area contributed by atoms with Crippen LogP contribution in [0.25, 0.3) is 0 Å². The second kappa shape index (κ2) is 6.95. The molecule has 0 atom stereocenters. The molecule has 0 spiro atoms. The molecule has 6 N–H and O–H groups in total. The van der Waals surface area contributed by atoms with Crippen molar-refractivity contribution in [3.05, 3.63) is 30.3 Å². The highest BCUT2D eigenvalue weighted by atomic mass is 32.2. The Balaban J connectivity index is 2.57. The zero-order valence-corrected chi connectivity index (χ0v) is 12.3. The quantitative estimate of drug-likeness (QED) is 0.498. The molecule has 0 heterocycles. The van der Waals surface area contributed by atoms with Crippen LogP contribution in [0.4, 0.5) is 5.69 Å². The van der Waals surface area contributed by atoms with Gasteiger partial charge in [-0.15, -0.1) is 0 Å². The van der Waals surface area contributed by atoms with Gasteiger partial charge < -0.3 is 16.8 Å². The third-order valence-electron chi connectivity index (χ3n) is 2.45. The van der Waals surface area contributed by atoms with E-state index in [1.165, 1.54) is 0 Å². The van der Waals surface area contributed by atoms with Gasteiger partial charge in [-0.1, -0.05) is 43.8 Å². The Labute approximate surface area is 122 Å². The Morgan fingerprint density at radius 3 is 2.50 bits per heavy atom. The van der Waals surface area contributed by atoms with Gasteiger partial charge in [-0.05, 0) is 12.1 Å². The highest BCUT2D eigenvalue weighted by Gasteiger charge is 2.28. The monoisotopic (exact) mass is 293 g/mol. The summed E-state index contributed by atoms with van der Waals surface area (Å²) in [4.78, 5) is 15.8. The summed E-state index contributed by atoms with van der Waals surface area (Å²) in [6, 6.07) is 9.23. The second-order valence-corrected chi connectivity index (χ2v) is 5.80. The maximum absolute atomic E-state index is 12.2. The largest absolute Gasteiger partial charge is 0.370 e. The van der Waals surface area contributed by atoms with Crippen LogP contribution < -0.4 is 16.8 Å². The summed E-state index contributed by atoms with van der Waals surface area (Å²) in [6.07, 6.45) is 0. The van der Waals surface area contributed by atoms with Crippen molar-refractivity contribution in [1.82, 2.24) is 0 Å².